The first-order valence-electron chi connectivity index (χ1n) is 13.8. The molecule has 2 aromatic carbocycles. The number of aromatic nitrogens is 1. The van der Waals surface area contributed by atoms with Gasteiger partial charge < -0.3 is 14.1 Å². The fourth-order valence-corrected chi connectivity index (χ4v) is 6.34. The summed E-state index contributed by atoms with van der Waals surface area (Å²) < 4.78 is 34.2. The van der Waals surface area contributed by atoms with Crippen LogP contribution in [0.5, 0.6) is 5.75 Å². The van der Waals surface area contributed by atoms with Gasteiger partial charge in [0.25, 0.3) is 5.91 Å². The van der Waals surface area contributed by atoms with Crippen LogP contribution in [0, 0.1) is 5.41 Å². The number of nitrogens with one attached hydrogen (secondary N) is 1. The van der Waals surface area contributed by atoms with Crippen molar-refractivity contribution in [3.05, 3.63) is 53.6 Å². The quantitative estimate of drug-likeness (QED) is 0.337. The number of hydrogen-bond donors (Lipinski definition) is 1. The Kier molecular flexibility index (Phi) is 7.12. The summed E-state index contributed by atoms with van der Waals surface area (Å²) in [5, 5.41) is 1.06. The highest BCUT2D eigenvalue weighted by Crippen LogP contribution is 2.50. The average Bonchev–Trinajstić information content (AvgIpc) is 3.63. The Labute approximate surface area is 231 Å². The second-order valence-electron chi connectivity index (χ2n) is 12.2. The molecule has 0 atom stereocenters. The number of aldehydes is 1. The second kappa shape index (κ2) is 10.1. The molecule has 2 aliphatic rings. The summed E-state index contributed by atoms with van der Waals surface area (Å²) in [5.41, 5.74) is 4.09. The van der Waals surface area contributed by atoms with Crippen LogP contribution in [-0.2, 0) is 21.4 Å². The number of rotatable bonds is 8. The third-order valence-electron chi connectivity index (χ3n) is 8.39. The summed E-state index contributed by atoms with van der Waals surface area (Å²) in [4.78, 5) is 25.3. The van der Waals surface area contributed by atoms with Gasteiger partial charge in [0.2, 0.25) is 10.0 Å². The number of amides is 1. The Hall–Kier alpha value is -3.13. The van der Waals surface area contributed by atoms with Gasteiger partial charge in [0.1, 0.15) is 12.0 Å². The summed E-state index contributed by atoms with van der Waals surface area (Å²) in [6.45, 7) is 5.20. The summed E-state index contributed by atoms with van der Waals surface area (Å²) >= 11 is 0. The molecule has 7 nitrogen and oxygen atoms in total. The summed E-state index contributed by atoms with van der Waals surface area (Å²) in [5.74, 6) is 0.486. The predicted octanol–water partition coefficient (Wildman–Crippen LogP) is 6.20. The van der Waals surface area contributed by atoms with Gasteiger partial charge >= 0.3 is 0 Å². The molecular formula is C31H38N2O5S. The van der Waals surface area contributed by atoms with Crippen LogP contribution in [0.1, 0.15) is 87.6 Å². The Morgan fingerprint density at radius 3 is 2.31 bits per heavy atom. The van der Waals surface area contributed by atoms with Gasteiger partial charge in [0.15, 0.2) is 0 Å². The predicted molar refractivity (Wildman–Crippen MR) is 154 cm³/mol. The molecule has 1 heterocycles. The van der Waals surface area contributed by atoms with E-state index in [1.54, 1.807) is 40.0 Å². The zero-order valence-electron chi connectivity index (χ0n) is 23.2. The summed E-state index contributed by atoms with van der Waals surface area (Å²) in [6, 6.07) is 13.5. The molecule has 39 heavy (non-hydrogen) atoms. The van der Waals surface area contributed by atoms with Crippen LogP contribution < -0.4 is 9.46 Å². The normalized spacial score (nSPS) is 17.6. The van der Waals surface area contributed by atoms with E-state index < -0.39 is 26.1 Å². The molecule has 2 fully saturated rings. The van der Waals surface area contributed by atoms with Gasteiger partial charge in [-0.25, -0.2) is 13.1 Å². The molecule has 0 bridgehead atoms. The molecule has 2 aliphatic carbocycles. The molecule has 0 spiro atoms. The Bertz CT molecular complexity index is 1500. The number of benzene rings is 2. The molecule has 8 heteroatoms. The minimum atomic E-state index is -3.87. The zero-order chi connectivity index (χ0) is 28.0. The van der Waals surface area contributed by atoms with Crippen LogP contribution in [0.4, 0.5) is 0 Å². The molecule has 5 rings (SSSR count). The number of fused-ring (bicyclic) bond motifs is 1. The van der Waals surface area contributed by atoms with E-state index in [-0.39, 0.29) is 5.56 Å². The Morgan fingerprint density at radius 2 is 1.74 bits per heavy atom. The van der Waals surface area contributed by atoms with Crippen LogP contribution in [0.3, 0.4) is 0 Å². The standard InChI is InChI=1S/C31H38N2O5S/c1-30(2,3)39(36,37)32-29(35)23-12-15-25-26(18-23)33(19-31(20-34)16-17-31)28(22-10-13-24(38-4)14-11-22)27(25)21-8-6-5-7-9-21/h10-15,18,20-21H,5-9,16-17,19H2,1-4H3,(H,32,35). The number of carbonyl (C=O) groups excluding carboxylic acids is 2. The van der Waals surface area contributed by atoms with Gasteiger partial charge in [-0.15, -0.1) is 0 Å². The highest BCUT2D eigenvalue weighted by molar-refractivity contribution is 7.91. The van der Waals surface area contributed by atoms with E-state index in [1.807, 2.05) is 18.2 Å². The molecule has 0 aliphatic heterocycles. The monoisotopic (exact) mass is 550 g/mol. The average molecular weight is 551 g/mol. The van der Waals surface area contributed by atoms with E-state index in [0.29, 0.717) is 12.5 Å². The third-order valence-corrected chi connectivity index (χ3v) is 10.5. The van der Waals surface area contributed by atoms with Crippen molar-refractivity contribution >= 4 is 33.1 Å². The lowest BCUT2D eigenvalue weighted by molar-refractivity contribution is -0.112. The van der Waals surface area contributed by atoms with Gasteiger partial charge in [-0.2, -0.15) is 0 Å². The van der Waals surface area contributed by atoms with Crippen molar-refractivity contribution in [2.24, 2.45) is 5.41 Å². The van der Waals surface area contributed by atoms with Crippen LogP contribution >= 0.6 is 0 Å². The largest absolute Gasteiger partial charge is 0.497 e. The number of hydrogen-bond acceptors (Lipinski definition) is 5. The lowest BCUT2D eigenvalue weighted by Crippen LogP contribution is -2.42. The van der Waals surface area contributed by atoms with Crippen molar-refractivity contribution in [3.8, 4) is 17.0 Å². The number of methoxy groups -OCH3 is 1. The van der Waals surface area contributed by atoms with E-state index in [4.69, 9.17) is 4.74 Å². The third kappa shape index (κ3) is 5.23. The molecule has 208 valence electrons. The molecule has 1 N–H and O–H groups in total. The maximum absolute atomic E-state index is 13.2. The Morgan fingerprint density at radius 1 is 1.08 bits per heavy atom. The van der Waals surface area contributed by atoms with Crippen molar-refractivity contribution < 1.29 is 22.7 Å². The van der Waals surface area contributed by atoms with Crippen LogP contribution in [0.25, 0.3) is 22.2 Å². The van der Waals surface area contributed by atoms with Crippen molar-refractivity contribution in [2.45, 2.75) is 82.9 Å². The van der Waals surface area contributed by atoms with Crippen LogP contribution in [0.2, 0.25) is 0 Å². The van der Waals surface area contributed by atoms with Crippen molar-refractivity contribution in [2.75, 3.05) is 7.11 Å². The number of ether oxygens (including phenoxy) is 1. The maximum Gasteiger partial charge on any atom is 0.264 e. The molecule has 0 saturated heterocycles. The minimum Gasteiger partial charge on any atom is -0.497 e. The smallest absolute Gasteiger partial charge is 0.264 e. The fourth-order valence-electron chi connectivity index (χ4n) is 5.67. The lowest BCUT2D eigenvalue weighted by atomic mass is 9.81. The van der Waals surface area contributed by atoms with Crippen molar-refractivity contribution in [1.29, 1.82) is 0 Å². The highest BCUT2D eigenvalue weighted by Gasteiger charge is 2.44. The van der Waals surface area contributed by atoms with E-state index in [9.17, 15) is 18.0 Å². The van der Waals surface area contributed by atoms with Gasteiger partial charge in [-0.05, 0) is 99.9 Å². The van der Waals surface area contributed by atoms with Crippen molar-refractivity contribution in [1.82, 2.24) is 9.29 Å². The van der Waals surface area contributed by atoms with Gasteiger partial charge in [-0.1, -0.05) is 25.3 Å². The molecule has 3 aromatic rings. The van der Waals surface area contributed by atoms with Crippen LogP contribution in [0.15, 0.2) is 42.5 Å². The van der Waals surface area contributed by atoms with E-state index in [1.165, 1.54) is 24.8 Å². The van der Waals surface area contributed by atoms with E-state index in [2.05, 4.69) is 21.4 Å². The number of sulfonamides is 1. The van der Waals surface area contributed by atoms with E-state index >= 15 is 0 Å². The first-order valence-corrected chi connectivity index (χ1v) is 15.3. The topological polar surface area (TPSA) is 94.5 Å². The minimum absolute atomic E-state index is 0.279. The molecule has 1 amide bonds. The summed E-state index contributed by atoms with van der Waals surface area (Å²) in [6.07, 6.45) is 8.49. The van der Waals surface area contributed by atoms with Gasteiger partial charge in [-0.3, -0.25) is 4.79 Å². The SMILES string of the molecule is COc1ccc(-c2c(C3CCCCC3)c3ccc(C(=O)NS(=O)(=O)C(C)(C)C)cc3n2CC2(C=O)CC2)cc1. The van der Waals surface area contributed by atoms with Crippen LogP contribution in [-0.4, -0.2) is 37.0 Å². The molecule has 2 saturated carbocycles. The number of carbonyl (C=O) groups is 2. The molecule has 1 aromatic heterocycles. The van der Waals surface area contributed by atoms with Crippen molar-refractivity contribution in [3.63, 3.8) is 0 Å². The second-order valence-corrected chi connectivity index (χ2v) is 14.6. The highest BCUT2D eigenvalue weighted by atomic mass is 32.2. The Balaban J connectivity index is 1.71. The van der Waals surface area contributed by atoms with Gasteiger partial charge in [0.05, 0.1) is 17.6 Å². The fraction of sp³-hybridized carbons (Fsp3) is 0.484. The van der Waals surface area contributed by atoms with E-state index in [0.717, 1.165) is 59.9 Å². The zero-order valence-corrected chi connectivity index (χ0v) is 24.1. The summed E-state index contributed by atoms with van der Waals surface area (Å²) in [7, 11) is -2.22. The lowest BCUT2D eigenvalue weighted by Gasteiger charge is -2.24. The number of nitrogens with zero attached hydrogens (tertiary/aromatic N) is 1. The maximum atomic E-state index is 13.2. The first-order chi connectivity index (χ1) is 18.5. The van der Waals surface area contributed by atoms with Gasteiger partial charge in [0, 0.05) is 28.4 Å². The first kappa shape index (κ1) is 27.4. The molecule has 0 unspecified atom stereocenters. The molecule has 0 radical (unpaired) electrons. The molecular weight excluding hydrogens is 512 g/mol.